The van der Waals surface area contributed by atoms with E-state index in [4.69, 9.17) is 9.40 Å². The molecule has 6 nitrogen and oxygen atoms in total. The Balaban J connectivity index is 1.98. The third-order valence-electron chi connectivity index (χ3n) is 4.13. The lowest BCUT2D eigenvalue weighted by molar-refractivity contribution is 0.469. The molecule has 0 aliphatic heterocycles. The summed E-state index contributed by atoms with van der Waals surface area (Å²) in [7, 11) is 0. The highest BCUT2D eigenvalue weighted by Gasteiger charge is 2.17. The van der Waals surface area contributed by atoms with Crippen molar-refractivity contribution in [1.82, 2.24) is 19.7 Å². The molecule has 0 N–H and O–H groups in total. The van der Waals surface area contributed by atoms with E-state index in [9.17, 15) is 4.79 Å². The van der Waals surface area contributed by atoms with E-state index in [1.165, 1.54) is 11.8 Å². The van der Waals surface area contributed by atoms with Gasteiger partial charge in [0.1, 0.15) is 4.83 Å². The van der Waals surface area contributed by atoms with Gasteiger partial charge in [0.15, 0.2) is 5.16 Å². The summed E-state index contributed by atoms with van der Waals surface area (Å²) in [4.78, 5) is 19.7. The lowest BCUT2D eigenvalue weighted by Gasteiger charge is -2.11. The van der Waals surface area contributed by atoms with Crippen LogP contribution in [0.4, 0.5) is 0 Å². The van der Waals surface area contributed by atoms with Crippen LogP contribution < -0.4 is 5.56 Å². The van der Waals surface area contributed by atoms with Crippen LogP contribution >= 0.6 is 23.1 Å². The van der Waals surface area contributed by atoms with E-state index in [0.717, 1.165) is 45.1 Å². The van der Waals surface area contributed by atoms with E-state index in [1.54, 1.807) is 15.9 Å². The van der Waals surface area contributed by atoms with Crippen LogP contribution in [-0.4, -0.2) is 19.7 Å². The Morgan fingerprint density at radius 2 is 1.96 bits per heavy atom. The minimum Gasteiger partial charge on any atom is -0.424 e. The molecular weight excluding hydrogens is 356 g/mol. The van der Waals surface area contributed by atoms with E-state index >= 15 is 0 Å². The zero-order valence-corrected chi connectivity index (χ0v) is 16.6. The zero-order chi connectivity index (χ0) is 18.0. The van der Waals surface area contributed by atoms with Crippen LogP contribution in [0, 0.1) is 13.8 Å². The van der Waals surface area contributed by atoms with Crippen molar-refractivity contribution >= 4 is 33.3 Å². The van der Waals surface area contributed by atoms with E-state index in [0.29, 0.717) is 24.1 Å². The highest BCUT2D eigenvalue weighted by atomic mass is 32.2. The smallest absolute Gasteiger partial charge is 0.263 e. The first kappa shape index (κ1) is 18.1. The summed E-state index contributed by atoms with van der Waals surface area (Å²) < 4.78 is 7.36. The number of aryl methyl sites for hydroxylation is 3. The van der Waals surface area contributed by atoms with Gasteiger partial charge < -0.3 is 4.42 Å². The third-order valence-corrected chi connectivity index (χ3v) is 6.19. The molecule has 3 aromatic heterocycles. The molecular formula is C17H22N4O2S2. The van der Waals surface area contributed by atoms with Crippen molar-refractivity contribution in [3.63, 3.8) is 0 Å². The van der Waals surface area contributed by atoms with Crippen molar-refractivity contribution in [2.24, 2.45) is 0 Å². The number of thioether (sulfide) groups is 1. The predicted octanol–water partition coefficient (Wildman–Crippen LogP) is 4.11. The maximum Gasteiger partial charge on any atom is 0.263 e. The topological polar surface area (TPSA) is 73.8 Å². The second-order valence-corrected chi connectivity index (χ2v) is 8.05. The van der Waals surface area contributed by atoms with Gasteiger partial charge in [0, 0.05) is 17.8 Å². The van der Waals surface area contributed by atoms with Crippen LogP contribution in [-0.2, 0) is 18.7 Å². The molecule has 3 aromatic rings. The Morgan fingerprint density at radius 3 is 2.64 bits per heavy atom. The molecule has 0 amide bonds. The molecule has 0 unspecified atom stereocenters. The highest BCUT2D eigenvalue weighted by Crippen LogP contribution is 2.29. The number of nitrogens with zero attached hydrogens (tertiary/aromatic N) is 4. The largest absolute Gasteiger partial charge is 0.424 e. The second-order valence-electron chi connectivity index (χ2n) is 5.90. The normalized spacial score (nSPS) is 11.5. The van der Waals surface area contributed by atoms with Gasteiger partial charge in [0.25, 0.3) is 5.56 Å². The maximum absolute atomic E-state index is 13.0. The van der Waals surface area contributed by atoms with Crippen molar-refractivity contribution in [3.05, 3.63) is 32.6 Å². The number of rotatable bonds is 7. The molecule has 8 heteroatoms. The number of hydrogen-bond donors (Lipinski definition) is 0. The van der Waals surface area contributed by atoms with Crippen molar-refractivity contribution < 1.29 is 4.42 Å². The van der Waals surface area contributed by atoms with Gasteiger partial charge in [-0.25, -0.2) is 4.98 Å². The van der Waals surface area contributed by atoms with Crippen LogP contribution in [0.3, 0.4) is 0 Å². The first-order valence-corrected chi connectivity index (χ1v) is 10.3. The van der Waals surface area contributed by atoms with E-state index < -0.39 is 0 Å². The van der Waals surface area contributed by atoms with Gasteiger partial charge in [-0.15, -0.1) is 21.5 Å². The van der Waals surface area contributed by atoms with Crippen molar-refractivity contribution in [1.29, 1.82) is 0 Å². The molecule has 0 aromatic carbocycles. The average Bonchev–Trinajstić information content (AvgIpc) is 3.17. The monoisotopic (exact) mass is 378 g/mol. The summed E-state index contributed by atoms with van der Waals surface area (Å²) in [6, 6.07) is 0. The number of hydrogen-bond acceptors (Lipinski definition) is 7. The molecule has 0 bridgehead atoms. The predicted molar refractivity (Wildman–Crippen MR) is 101 cm³/mol. The molecule has 25 heavy (non-hydrogen) atoms. The van der Waals surface area contributed by atoms with Gasteiger partial charge >= 0.3 is 0 Å². The van der Waals surface area contributed by atoms with Gasteiger partial charge in [-0.05, 0) is 25.8 Å². The molecule has 3 heterocycles. The Hall–Kier alpha value is -1.67. The Bertz CT molecular complexity index is 942. The van der Waals surface area contributed by atoms with Crippen LogP contribution in [0.5, 0.6) is 0 Å². The SMILES string of the molecule is CCCCn1c(SCc2nnc(CC)o2)nc2sc(C)c(C)c2c1=O. The molecule has 0 aliphatic rings. The summed E-state index contributed by atoms with van der Waals surface area (Å²) in [5, 5.41) is 9.52. The molecule has 0 aliphatic carbocycles. The zero-order valence-electron chi connectivity index (χ0n) is 15.0. The number of aromatic nitrogens is 4. The quantitative estimate of drug-likeness (QED) is 0.455. The van der Waals surface area contributed by atoms with Crippen LogP contribution in [0.15, 0.2) is 14.4 Å². The van der Waals surface area contributed by atoms with Gasteiger partial charge in [-0.2, -0.15) is 0 Å². The Kier molecular flexibility index (Phi) is 5.58. The van der Waals surface area contributed by atoms with Crippen LogP contribution in [0.25, 0.3) is 10.2 Å². The molecule has 134 valence electrons. The van der Waals surface area contributed by atoms with Crippen molar-refractivity contribution in [2.45, 2.75) is 64.4 Å². The van der Waals surface area contributed by atoms with E-state index in [2.05, 4.69) is 17.1 Å². The fraction of sp³-hybridized carbons (Fsp3) is 0.529. The highest BCUT2D eigenvalue weighted by molar-refractivity contribution is 7.98. The molecule has 0 radical (unpaired) electrons. The van der Waals surface area contributed by atoms with E-state index in [-0.39, 0.29) is 5.56 Å². The lowest BCUT2D eigenvalue weighted by atomic mass is 10.2. The molecule has 0 saturated heterocycles. The first-order valence-electron chi connectivity index (χ1n) is 8.49. The molecule has 0 fully saturated rings. The summed E-state index contributed by atoms with van der Waals surface area (Å²) in [6.45, 7) is 8.81. The molecule has 0 spiro atoms. The van der Waals surface area contributed by atoms with Gasteiger partial charge in [-0.3, -0.25) is 9.36 Å². The Morgan fingerprint density at radius 1 is 1.20 bits per heavy atom. The summed E-state index contributed by atoms with van der Waals surface area (Å²) in [6.07, 6.45) is 2.69. The van der Waals surface area contributed by atoms with Crippen LogP contribution in [0.1, 0.15) is 48.9 Å². The third kappa shape index (κ3) is 3.64. The molecule has 0 saturated carbocycles. The number of fused-ring (bicyclic) bond motifs is 1. The standard InChI is InChI=1S/C17H22N4O2S2/c1-5-7-8-21-16(22)14-10(3)11(4)25-15(14)18-17(21)24-9-13-20-19-12(6-2)23-13/h5-9H2,1-4H3. The molecule has 0 atom stereocenters. The van der Waals surface area contributed by atoms with Gasteiger partial charge in [-0.1, -0.05) is 32.0 Å². The summed E-state index contributed by atoms with van der Waals surface area (Å²) in [5.41, 5.74) is 1.10. The van der Waals surface area contributed by atoms with Crippen molar-refractivity contribution in [3.8, 4) is 0 Å². The van der Waals surface area contributed by atoms with Crippen molar-refractivity contribution in [2.75, 3.05) is 0 Å². The second kappa shape index (κ2) is 7.70. The first-order chi connectivity index (χ1) is 12.0. The molecule has 3 rings (SSSR count). The Labute approximate surface area is 154 Å². The maximum atomic E-state index is 13.0. The minimum atomic E-state index is 0.0579. The lowest BCUT2D eigenvalue weighted by Crippen LogP contribution is -2.23. The van der Waals surface area contributed by atoms with Gasteiger partial charge in [0.2, 0.25) is 11.8 Å². The fourth-order valence-electron chi connectivity index (χ4n) is 2.55. The van der Waals surface area contributed by atoms with Gasteiger partial charge in [0.05, 0.1) is 11.1 Å². The van der Waals surface area contributed by atoms with E-state index in [1.807, 2.05) is 20.8 Å². The fourth-order valence-corrected chi connectivity index (χ4v) is 4.48. The summed E-state index contributed by atoms with van der Waals surface area (Å²) in [5.74, 6) is 1.71. The number of unbranched alkanes of at least 4 members (excludes halogenated alkanes) is 1. The number of thiophene rings is 1. The van der Waals surface area contributed by atoms with Crippen LogP contribution in [0.2, 0.25) is 0 Å². The average molecular weight is 379 g/mol. The minimum absolute atomic E-state index is 0.0579. The summed E-state index contributed by atoms with van der Waals surface area (Å²) >= 11 is 3.06.